The summed E-state index contributed by atoms with van der Waals surface area (Å²) in [6.45, 7) is 2.33. The van der Waals surface area contributed by atoms with Gasteiger partial charge in [0.15, 0.2) is 0 Å². The van der Waals surface area contributed by atoms with Gasteiger partial charge >= 0.3 is 0 Å². The van der Waals surface area contributed by atoms with Gasteiger partial charge in [-0.25, -0.2) is 22.8 Å². The van der Waals surface area contributed by atoms with Crippen molar-refractivity contribution in [3.05, 3.63) is 77.3 Å². The van der Waals surface area contributed by atoms with Crippen molar-refractivity contribution in [3.63, 3.8) is 0 Å². The molecule has 0 saturated carbocycles. The number of rotatable bonds is 10. The smallest absolute Gasteiger partial charge is 0.225 e. The van der Waals surface area contributed by atoms with Crippen molar-refractivity contribution in [2.45, 2.75) is 31.6 Å². The summed E-state index contributed by atoms with van der Waals surface area (Å²) in [6.07, 6.45) is 1.70. The highest BCUT2D eigenvalue weighted by atomic mass is 35.5. The second-order valence-corrected chi connectivity index (χ2v) is 14.0. The molecule has 1 aromatic heterocycles. The van der Waals surface area contributed by atoms with Crippen LogP contribution >= 0.6 is 22.4 Å². The maximum atomic E-state index is 13.5. The third kappa shape index (κ3) is 7.00. The van der Waals surface area contributed by atoms with Crippen LogP contribution in [0.3, 0.4) is 0 Å². The van der Waals surface area contributed by atoms with E-state index >= 15 is 0 Å². The van der Waals surface area contributed by atoms with Crippen molar-refractivity contribution in [2.75, 3.05) is 23.0 Å². The molecule has 1 unspecified atom stereocenters. The topological polar surface area (TPSA) is 120 Å². The largest absolute Gasteiger partial charge is 0.492 e. The van der Waals surface area contributed by atoms with Crippen molar-refractivity contribution < 1.29 is 27.1 Å². The minimum absolute atomic E-state index is 0.137. The van der Waals surface area contributed by atoms with Gasteiger partial charge in [0.2, 0.25) is 14.8 Å². The van der Waals surface area contributed by atoms with Crippen LogP contribution in [0.25, 0.3) is 10.9 Å². The van der Waals surface area contributed by atoms with Gasteiger partial charge in [-0.05, 0) is 66.1 Å². The van der Waals surface area contributed by atoms with E-state index in [1.165, 1.54) is 18.5 Å². The summed E-state index contributed by atoms with van der Waals surface area (Å²) >= 11 is 6.46. The normalized spacial score (nSPS) is 15.9. The summed E-state index contributed by atoms with van der Waals surface area (Å²) in [5, 5.41) is 6.26. The predicted octanol–water partition coefficient (Wildman–Crippen LogP) is 6.31. The van der Waals surface area contributed by atoms with Crippen LogP contribution < -0.4 is 20.1 Å². The number of nitrogens with one attached hydrogen (secondary N) is 2. The first-order valence-corrected chi connectivity index (χ1v) is 16.2. The molecular formula is C28H26ClFN4O5S2. The maximum Gasteiger partial charge on any atom is 0.225 e. The molecule has 2 heterocycles. The van der Waals surface area contributed by atoms with Gasteiger partial charge in [0.25, 0.3) is 0 Å². The molecule has 1 saturated heterocycles. The average molecular weight is 617 g/mol. The lowest BCUT2D eigenvalue weighted by Crippen LogP contribution is -2.22. The van der Waals surface area contributed by atoms with Crippen LogP contribution in [0.15, 0.2) is 60.9 Å². The summed E-state index contributed by atoms with van der Waals surface area (Å²) in [6, 6.07) is 14.7. The van der Waals surface area contributed by atoms with Gasteiger partial charge in [0, 0.05) is 29.3 Å². The zero-order valence-electron chi connectivity index (χ0n) is 21.9. The lowest BCUT2D eigenvalue weighted by Gasteiger charge is -2.16. The zero-order chi connectivity index (χ0) is 29.0. The van der Waals surface area contributed by atoms with Gasteiger partial charge in [-0.2, -0.15) is 0 Å². The standard InChI is InChI=1S/C28H26ClFN4O5S2/c1-2-38-26-14-23-21(13-24(26)34-27(35)12-20-8-9-40-41(20,36)37)28(32-16-31-23)33-19-6-7-25(22(29)11-19)39-15-17-4-3-5-18(30)10-17/h3-7,10-11,13-14,16,20H,2,8-9,12,15H2,1H3,(H,34,35)(H,31,32,33). The number of hydrogen-bond acceptors (Lipinski definition) is 9. The molecule has 1 amide bonds. The molecule has 5 rings (SSSR count). The van der Waals surface area contributed by atoms with Crippen molar-refractivity contribution in [3.8, 4) is 11.5 Å². The first kappa shape index (κ1) is 28.9. The van der Waals surface area contributed by atoms with Crippen LogP contribution in [0.1, 0.15) is 25.3 Å². The molecule has 1 aliphatic heterocycles. The van der Waals surface area contributed by atoms with Crippen molar-refractivity contribution >= 4 is 65.3 Å². The molecule has 2 N–H and O–H groups in total. The van der Waals surface area contributed by atoms with Crippen LogP contribution in [-0.2, 0) is 20.3 Å². The van der Waals surface area contributed by atoms with Gasteiger partial charge in [0.05, 0.1) is 28.1 Å². The Hall–Kier alpha value is -3.61. The lowest BCUT2D eigenvalue weighted by atomic mass is 10.1. The molecule has 0 radical (unpaired) electrons. The minimum atomic E-state index is -3.34. The number of ether oxygens (including phenoxy) is 2. The van der Waals surface area contributed by atoms with E-state index in [1.807, 2.05) is 6.92 Å². The van der Waals surface area contributed by atoms with Gasteiger partial charge in [-0.3, -0.25) is 4.79 Å². The Morgan fingerprint density at radius 1 is 1.12 bits per heavy atom. The Morgan fingerprint density at radius 3 is 2.71 bits per heavy atom. The Bertz CT molecular complexity index is 1710. The van der Waals surface area contributed by atoms with Crippen LogP contribution in [0, 0.1) is 5.82 Å². The summed E-state index contributed by atoms with van der Waals surface area (Å²) in [7, 11) is -2.45. The van der Waals surface area contributed by atoms with Crippen LogP contribution in [0.2, 0.25) is 5.02 Å². The number of hydrogen-bond donors (Lipinski definition) is 2. The quantitative estimate of drug-likeness (QED) is 0.198. The Morgan fingerprint density at radius 2 is 1.98 bits per heavy atom. The summed E-state index contributed by atoms with van der Waals surface area (Å²) in [4.78, 5) is 21.5. The maximum absolute atomic E-state index is 13.5. The molecule has 9 nitrogen and oxygen atoms in total. The molecule has 0 bridgehead atoms. The van der Waals surface area contributed by atoms with E-state index in [1.54, 1.807) is 42.5 Å². The van der Waals surface area contributed by atoms with Gasteiger partial charge < -0.3 is 20.1 Å². The summed E-state index contributed by atoms with van der Waals surface area (Å²) < 4.78 is 49.3. The molecule has 0 spiro atoms. The number of carbonyl (C=O) groups excluding carboxylic acids is 1. The molecule has 1 fully saturated rings. The van der Waals surface area contributed by atoms with E-state index in [2.05, 4.69) is 20.6 Å². The highest BCUT2D eigenvalue weighted by Crippen LogP contribution is 2.36. The predicted molar refractivity (Wildman–Crippen MR) is 159 cm³/mol. The number of anilines is 3. The SMILES string of the molecule is CCOc1cc2ncnc(Nc3ccc(OCc4cccc(F)c4)c(Cl)c3)c2cc1NC(=O)CC1CCSS1(=O)=O. The first-order chi connectivity index (χ1) is 19.7. The minimum Gasteiger partial charge on any atom is -0.492 e. The third-order valence-corrected chi connectivity index (χ3v) is 10.8. The Labute approximate surface area is 245 Å². The van der Waals surface area contributed by atoms with Crippen LogP contribution in [0.5, 0.6) is 11.5 Å². The van der Waals surface area contributed by atoms with Crippen LogP contribution in [-0.4, -0.2) is 41.9 Å². The summed E-state index contributed by atoms with van der Waals surface area (Å²) in [5.74, 6) is 1.01. The Kier molecular flexibility index (Phi) is 8.81. The molecule has 214 valence electrons. The van der Waals surface area contributed by atoms with E-state index < -0.39 is 20.0 Å². The monoisotopic (exact) mass is 616 g/mol. The molecule has 13 heteroatoms. The molecular weight excluding hydrogens is 591 g/mol. The van der Waals surface area contributed by atoms with Crippen molar-refractivity contribution in [2.24, 2.45) is 0 Å². The molecule has 3 aromatic carbocycles. The van der Waals surface area contributed by atoms with Gasteiger partial charge in [0.1, 0.15) is 36.1 Å². The fourth-order valence-electron chi connectivity index (χ4n) is 4.32. The second-order valence-electron chi connectivity index (χ2n) is 9.19. The molecule has 1 aliphatic rings. The van der Waals surface area contributed by atoms with Gasteiger partial charge in [-0.15, -0.1) is 0 Å². The number of benzene rings is 3. The zero-order valence-corrected chi connectivity index (χ0v) is 24.3. The summed E-state index contributed by atoms with van der Waals surface area (Å²) in [5.41, 5.74) is 2.24. The second kappa shape index (κ2) is 12.5. The van der Waals surface area contributed by atoms with E-state index in [9.17, 15) is 17.6 Å². The number of carbonyl (C=O) groups is 1. The number of amides is 1. The number of fused-ring (bicyclic) bond motifs is 1. The molecule has 0 aliphatic carbocycles. The average Bonchev–Trinajstić information content (AvgIpc) is 3.26. The van der Waals surface area contributed by atoms with E-state index in [-0.39, 0.29) is 18.8 Å². The highest BCUT2D eigenvalue weighted by molar-refractivity contribution is 8.72. The fraction of sp³-hybridized carbons (Fsp3) is 0.250. The Balaban J connectivity index is 1.36. The fourth-order valence-corrected chi connectivity index (χ4v) is 8.33. The van der Waals surface area contributed by atoms with Gasteiger partial charge in [-0.1, -0.05) is 23.7 Å². The highest BCUT2D eigenvalue weighted by Gasteiger charge is 2.34. The van der Waals surface area contributed by atoms with E-state index in [0.29, 0.717) is 69.0 Å². The third-order valence-electron chi connectivity index (χ3n) is 6.30. The molecule has 1 atom stereocenters. The number of aromatic nitrogens is 2. The molecule has 4 aromatic rings. The number of nitrogens with zero attached hydrogens (tertiary/aromatic N) is 2. The number of halogens is 2. The van der Waals surface area contributed by atoms with E-state index in [0.717, 1.165) is 10.8 Å². The van der Waals surface area contributed by atoms with Crippen molar-refractivity contribution in [1.29, 1.82) is 0 Å². The van der Waals surface area contributed by atoms with Crippen molar-refractivity contribution in [1.82, 2.24) is 9.97 Å². The lowest BCUT2D eigenvalue weighted by molar-refractivity contribution is -0.116. The first-order valence-electron chi connectivity index (χ1n) is 12.8. The van der Waals surface area contributed by atoms with E-state index in [4.69, 9.17) is 21.1 Å². The molecule has 41 heavy (non-hydrogen) atoms. The van der Waals surface area contributed by atoms with Crippen LogP contribution in [0.4, 0.5) is 21.6 Å².